The van der Waals surface area contributed by atoms with Crippen LogP contribution in [0.15, 0.2) is 72.8 Å². The molecule has 0 heterocycles. The van der Waals surface area contributed by atoms with Crippen LogP contribution in [0.2, 0.25) is 0 Å². The van der Waals surface area contributed by atoms with Crippen LogP contribution in [0, 0.1) is 24.0 Å². The average molecular weight is 400 g/mol. The smallest absolute Gasteiger partial charge is 0.270 e. The van der Waals surface area contributed by atoms with E-state index in [0.717, 1.165) is 11.1 Å². The van der Waals surface area contributed by atoms with Crippen LogP contribution in [0.3, 0.4) is 0 Å². The molecule has 6 nitrogen and oxygen atoms in total. The molecule has 1 amide bonds. The molecule has 3 aromatic carbocycles. The molecule has 6 heteroatoms. The fourth-order valence-electron chi connectivity index (χ4n) is 2.99. The summed E-state index contributed by atoms with van der Waals surface area (Å²) < 4.78 is 0. The molecule has 0 aliphatic rings. The van der Waals surface area contributed by atoms with Crippen LogP contribution < -0.4 is 5.32 Å². The van der Waals surface area contributed by atoms with E-state index in [1.54, 1.807) is 42.5 Å². The number of nitro benzene ring substituents is 1. The lowest BCUT2D eigenvalue weighted by molar-refractivity contribution is -0.384. The highest BCUT2D eigenvalue weighted by atomic mass is 16.6. The maximum Gasteiger partial charge on any atom is 0.270 e. The summed E-state index contributed by atoms with van der Waals surface area (Å²) in [5, 5.41) is 13.5. The zero-order chi connectivity index (χ0) is 21.7. The molecular formula is C24H20N2O4. The van der Waals surface area contributed by atoms with Gasteiger partial charge in [0.05, 0.1) is 4.92 Å². The number of aryl methyl sites for hydroxylation is 1. The Kier molecular flexibility index (Phi) is 6.17. The van der Waals surface area contributed by atoms with Gasteiger partial charge in [-0.2, -0.15) is 0 Å². The molecule has 0 fully saturated rings. The summed E-state index contributed by atoms with van der Waals surface area (Å²) in [7, 11) is 0. The van der Waals surface area contributed by atoms with Gasteiger partial charge in [0.15, 0.2) is 5.78 Å². The second-order valence-electron chi connectivity index (χ2n) is 6.83. The van der Waals surface area contributed by atoms with Gasteiger partial charge < -0.3 is 5.32 Å². The van der Waals surface area contributed by atoms with Crippen molar-refractivity contribution in [1.29, 1.82) is 0 Å². The molecule has 0 saturated heterocycles. The topological polar surface area (TPSA) is 89.3 Å². The molecule has 150 valence electrons. The summed E-state index contributed by atoms with van der Waals surface area (Å²) in [6.07, 6.45) is 2.78. The van der Waals surface area contributed by atoms with E-state index in [9.17, 15) is 19.7 Å². The van der Waals surface area contributed by atoms with E-state index in [0.29, 0.717) is 22.4 Å². The second kappa shape index (κ2) is 8.96. The molecule has 0 unspecified atom stereocenters. The molecular weight excluding hydrogens is 380 g/mol. The maximum atomic E-state index is 12.9. The van der Waals surface area contributed by atoms with Crippen LogP contribution in [-0.2, 0) is 4.79 Å². The third-order valence-corrected chi connectivity index (χ3v) is 4.75. The molecule has 1 N–H and O–H groups in total. The first-order chi connectivity index (χ1) is 14.3. The molecule has 30 heavy (non-hydrogen) atoms. The number of nitro groups is 1. The number of carbonyl (C=O) groups excluding carboxylic acids is 2. The van der Waals surface area contributed by atoms with Gasteiger partial charge in [0.2, 0.25) is 5.91 Å². The molecule has 3 aromatic rings. The van der Waals surface area contributed by atoms with Crippen molar-refractivity contribution in [2.45, 2.75) is 13.8 Å². The molecule has 0 atom stereocenters. The van der Waals surface area contributed by atoms with Gasteiger partial charge in [0, 0.05) is 35.0 Å². The monoisotopic (exact) mass is 400 g/mol. The van der Waals surface area contributed by atoms with E-state index in [4.69, 9.17) is 0 Å². The molecule has 0 aromatic heterocycles. The first-order valence-electron chi connectivity index (χ1n) is 9.29. The largest absolute Gasteiger partial charge is 0.322 e. The third-order valence-electron chi connectivity index (χ3n) is 4.75. The SMILES string of the molecule is Cc1cccc(C(=O)c2cccc(NC(=O)C=Cc3cccc([N+](=O)[O-])c3)c2)c1C. The lowest BCUT2D eigenvalue weighted by atomic mass is 9.96. The van der Waals surface area contributed by atoms with Gasteiger partial charge in [-0.3, -0.25) is 19.7 Å². The molecule has 0 aliphatic heterocycles. The van der Waals surface area contributed by atoms with Crippen LogP contribution >= 0.6 is 0 Å². The van der Waals surface area contributed by atoms with Crippen LogP contribution in [0.4, 0.5) is 11.4 Å². The molecule has 0 aliphatic carbocycles. The van der Waals surface area contributed by atoms with E-state index in [1.165, 1.54) is 24.3 Å². The number of carbonyl (C=O) groups is 2. The average Bonchev–Trinajstić information content (AvgIpc) is 2.74. The molecule has 3 rings (SSSR count). The fraction of sp³-hybridized carbons (Fsp3) is 0.0833. The van der Waals surface area contributed by atoms with Crippen molar-refractivity contribution < 1.29 is 14.5 Å². The summed E-state index contributed by atoms with van der Waals surface area (Å²) in [5.74, 6) is -0.516. The Morgan fingerprint density at radius 2 is 1.70 bits per heavy atom. The lowest BCUT2D eigenvalue weighted by Gasteiger charge is -2.09. The van der Waals surface area contributed by atoms with Crippen LogP contribution in [-0.4, -0.2) is 16.6 Å². The third kappa shape index (κ3) is 4.86. The Morgan fingerprint density at radius 3 is 2.47 bits per heavy atom. The number of non-ortho nitro benzene ring substituents is 1. The standard InChI is InChI=1S/C24H20N2O4/c1-16-6-3-11-22(17(16)2)24(28)19-8-5-9-20(15-19)25-23(27)13-12-18-7-4-10-21(14-18)26(29)30/h3-15H,1-2H3,(H,25,27). The number of hydrogen-bond acceptors (Lipinski definition) is 4. The van der Waals surface area contributed by atoms with Crippen molar-refractivity contribution in [2.75, 3.05) is 5.32 Å². The zero-order valence-electron chi connectivity index (χ0n) is 16.6. The Hall–Kier alpha value is -4.06. The number of nitrogens with one attached hydrogen (secondary N) is 1. The van der Waals surface area contributed by atoms with Gasteiger partial charge >= 0.3 is 0 Å². The van der Waals surface area contributed by atoms with E-state index < -0.39 is 10.8 Å². The molecule has 0 spiro atoms. The Balaban J connectivity index is 1.74. The van der Waals surface area contributed by atoms with Crippen LogP contribution in [0.1, 0.15) is 32.6 Å². The van der Waals surface area contributed by atoms with Crippen LogP contribution in [0.25, 0.3) is 6.08 Å². The number of anilines is 1. The van der Waals surface area contributed by atoms with E-state index in [1.807, 2.05) is 26.0 Å². The minimum atomic E-state index is -0.490. The molecule has 0 bridgehead atoms. The highest BCUT2D eigenvalue weighted by Crippen LogP contribution is 2.20. The zero-order valence-corrected chi connectivity index (χ0v) is 16.6. The minimum Gasteiger partial charge on any atom is -0.322 e. The van der Waals surface area contributed by atoms with Crippen molar-refractivity contribution in [1.82, 2.24) is 0 Å². The highest BCUT2D eigenvalue weighted by Gasteiger charge is 2.13. The summed E-state index contributed by atoms with van der Waals surface area (Å²) in [6.45, 7) is 3.86. The van der Waals surface area contributed by atoms with Gasteiger partial charge in [0.1, 0.15) is 0 Å². The highest BCUT2D eigenvalue weighted by molar-refractivity contribution is 6.11. The molecule has 0 saturated carbocycles. The van der Waals surface area contributed by atoms with Crippen molar-refractivity contribution in [3.05, 3.63) is 111 Å². The minimum absolute atomic E-state index is 0.0461. The number of benzene rings is 3. The predicted octanol–water partition coefficient (Wildman–Crippen LogP) is 5.09. The van der Waals surface area contributed by atoms with Gasteiger partial charge in [-0.05, 0) is 48.7 Å². The van der Waals surface area contributed by atoms with Crippen molar-refractivity contribution >= 4 is 29.1 Å². The lowest BCUT2D eigenvalue weighted by Crippen LogP contribution is -2.09. The van der Waals surface area contributed by atoms with Crippen molar-refractivity contribution in [3.63, 3.8) is 0 Å². The maximum absolute atomic E-state index is 12.9. The number of rotatable bonds is 6. The summed E-state index contributed by atoms with van der Waals surface area (Å²) in [6, 6.07) is 18.3. The van der Waals surface area contributed by atoms with Gasteiger partial charge in [-0.25, -0.2) is 0 Å². The summed E-state index contributed by atoms with van der Waals surface area (Å²) >= 11 is 0. The fourth-order valence-corrected chi connectivity index (χ4v) is 2.99. The number of nitrogens with zero attached hydrogens (tertiary/aromatic N) is 1. The number of hydrogen-bond donors (Lipinski definition) is 1. The summed E-state index contributed by atoms with van der Waals surface area (Å²) in [4.78, 5) is 35.5. The Morgan fingerprint density at radius 1 is 0.967 bits per heavy atom. The van der Waals surface area contributed by atoms with Crippen LogP contribution in [0.5, 0.6) is 0 Å². The normalized spacial score (nSPS) is 10.7. The Labute approximate surface area is 174 Å². The number of ketones is 1. The van der Waals surface area contributed by atoms with Gasteiger partial charge in [-0.15, -0.1) is 0 Å². The van der Waals surface area contributed by atoms with Crippen molar-refractivity contribution in [3.8, 4) is 0 Å². The quantitative estimate of drug-likeness (QED) is 0.270. The Bertz CT molecular complexity index is 1170. The summed E-state index contributed by atoms with van der Waals surface area (Å²) in [5.41, 5.74) is 4.05. The predicted molar refractivity (Wildman–Crippen MR) is 117 cm³/mol. The number of amides is 1. The van der Waals surface area contributed by atoms with Crippen molar-refractivity contribution in [2.24, 2.45) is 0 Å². The van der Waals surface area contributed by atoms with Gasteiger partial charge in [-0.1, -0.05) is 42.5 Å². The van der Waals surface area contributed by atoms with E-state index >= 15 is 0 Å². The van der Waals surface area contributed by atoms with E-state index in [-0.39, 0.29) is 11.5 Å². The second-order valence-corrected chi connectivity index (χ2v) is 6.83. The first-order valence-corrected chi connectivity index (χ1v) is 9.29. The van der Waals surface area contributed by atoms with E-state index in [2.05, 4.69) is 5.32 Å². The van der Waals surface area contributed by atoms with Gasteiger partial charge in [0.25, 0.3) is 5.69 Å². The molecule has 0 radical (unpaired) electrons. The first kappa shape index (κ1) is 20.7.